The molecule has 2 amide bonds. The van der Waals surface area contributed by atoms with Crippen molar-refractivity contribution < 1.29 is 19.1 Å². The summed E-state index contributed by atoms with van der Waals surface area (Å²) < 4.78 is 10.6. The summed E-state index contributed by atoms with van der Waals surface area (Å²) in [5.41, 5.74) is 1.59. The van der Waals surface area contributed by atoms with Crippen LogP contribution in [0.5, 0.6) is 5.75 Å². The van der Waals surface area contributed by atoms with Gasteiger partial charge in [-0.3, -0.25) is 9.59 Å². The third-order valence-corrected chi connectivity index (χ3v) is 3.70. The van der Waals surface area contributed by atoms with Gasteiger partial charge in [-0.15, -0.1) is 0 Å². The number of carbonyl (C=O) groups excluding carboxylic acids is 2. The number of nitrogens with one attached hydrogen (secondary N) is 2. The van der Waals surface area contributed by atoms with Crippen LogP contribution >= 0.6 is 0 Å². The van der Waals surface area contributed by atoms with Crippen LogP contribution in [0.15, 0.2) is 48.5 Å². The van der Waals surface area contributed by atoms with Crippen molar-refractivity contribution in [1.29, 1.82) is 0 Å². The normalized spacial score (nSPS) is 10.5. The van der Waals surface area contributed by atoms with E-state index in [1.165, 1.54) is 0 Å². The Kier molecular flexibility index (Phi) is 7.82. The topological polar surface area (TPSA) is 76.7 Å². The molecule has 0 fully saturated rings. The lowest BCUT2D eigenvalue weighted by Gasteiger charge is -2.13. The first kappa shape index (κ1) is 20.5. The zero-order chi connectivity index (χ0) is 19.6. The molecule has 0 unspecified atom stereocenters. The molecule has 0 heterocycles. The maximum absolute atomic E-state index is 12.6. The summed E-state index contributed by atoms with van der Waals surface area (Å²) >= 11 is 0. The van der Waals surface area contributed by atoms with Crippen molar-refractivity contribution >= 4 is 17.5 Å². The number of hydrogen-bond donors (Lipinski definition) is 2. The third kappa shape index (κ3) is 6.42. The van der Waals surface area contributed by atoms with Crippen molar-refractivity contribution in [2.75, 3.05) is 32.2 Å². The number of amides is 2. The van der Waals surface area contributed by atoms with E-state index in [0.29, 0.717) is 48.2 Å². The molecular weight excluding hydrogens is 344 g/mol. The van der Waals surface area contributed by atoms with Crippen LogP contribution in [0.25, 0.3) is 0 Å². The number of hydrogen-bond acceptors (Lipinski definition) is 4. The number of carbonyl (C=O) groups is 2. The lowest BCUT2D eigenvalue weighted by molar-refractivity contribution is 0.0936. The van der Waals surface area contributed by atoms with Crippen LogP contribution in [0.1, 0.15) is 34.6 Å². The lowest BCUT2D eigenvalue weighted by atomic mass is 10.1. The Morgan fingerprint density at radius 1 is 1.00 bits per heavy atom. The molecule has 144 valence electrons. The number of ether oxygens (including phenoxy) is 2. The van der Waals surface area contributed by atoms with Gasteiger partial charge in [0.05, 0.1) is 18.8 Å². The average molecular weight is 370 g/mol. The highest BCUT2D eigenvalue weighted by Gasteiger charge is 2.13. The first-order valence-electron chi connectivity index (χ1n) is 8.91. The standard InChI is InChI=1S/C21H26N2O4/c1-15(2)14-27-19-7-5-4-6-18(19)21(25)23-17-10-8-16(9-11-17)20(24)22-12-13-26-3/h4-11,15H,12-14H2,1-3H3,(H,22,24)(H,23,25). The van der Waals surface area contributed by atoms with Crippen molar-refractivity contribution in [1.82, 2.24) is 5.32 Å². The number of rotatable bonds is 9. The van der Waals surface area contributed by atoms with Gasteiger partial charge in [-0.05, 0) is 42.3 Å². The first-order valence-corrected chi connectivity index (χ1v) is 8.91. The SMILES string of the molecule is COCCNC(=O)c1ccc(NC(=O)c2ccccc2OCC(C)C)cc1. The minimum atomic E-state index is -0.258. The molecule has 0 radical (unpaired) electrons. The van der Waals surface area contributed by atoms with Crippen LogP contribution in [0.3, 0.4) is 0 Å². The third-order valence-electron chi connectivity index (χ3n) is 3.70. The molecule has 0 spiro atoms. The Morgan fingerprint density at radius 2 is 1.70 bits per heavy atom. The summed E-state index contributed by atoms with van der Waals surface area (Å²) in [5, 5.41) is 5.58. The fraction of sp³-hybridized carbons (Fsp3) is 0.333. The summed E-state index contributed by atoms with van der Waals surface area (Å²) in [6.45, 7) is 5.54. The van der Waals surface area contributed by atoms with Gasteiger partial charge in [0, 0.05) is 24.9 Å². The lowest BCUT2D eigenvalue weighted by Crippen LogP contribution is -2.26. The smallest absolute Gasteiger partial charge is 0.259 e. The molecule has 0 bridgehead atoms. The second-order valence-corrected chi connectivity index (χ2v) is 6.48. The Labute approximate surface area is 159 Å². The molecule has 0 saturated carbocycles. The second kappa shape index (κ2) is 10.3. The molecule has 0 aliphatic rings. The van der Waals surface area contributed by atoms with Crippen molar-refractivity contribution in [3.05, 3.63) is 59.7 Å². The predicted octanol–water partition coefficient (Wildman–Crippen LogP) is 3.35. The molecular formula is C21H26N2O4. The molecule has 2 N–H and O–H groups in total. The van der Waals surface area contributed by atoms with Crippen LogP contribution in [0, 0.1) is 5.92 Å². The number of methoxy groups -OCH3 is 1. The molecule has 6 nitrogen and oxygen atoms in total. The second-order valence-electron chi connectivity index (χ2n) is 6.48. The molecule has 2 aromatic carbocycles. The van der Waals surface area contributed by atoms with Crippen molar-refractivity contribution in [3.63, 3.8) is 0 Å². The fourth-order valence-corrected chi connectivity index (χ4v) is 2.31. The van der Waals surface area contributed by atoms with E-state index in [2.05, 4.69) is 24.5 Å². The van der Waals surface area contributed by atoms with Gasteiger partial charge in [-0.1, -0.05) is 26.0 Å². The zero-order valence-corrected chi connectivity index (χ0v) is 16.0. The van der Waals surface area contributed by atoms with Crippen molar-refractivity contribution in [3.8, 4) is 5.75 Å². The Bertz CT molecular complexity index is 757. The largest absolute Gasteiger partial charge is 0.492 e. The van der Waals surface area contributed by atoms with Gasteiger partial charge in [0.25, 0.3) is 11.8 Å². The van der Waals surface area contributed by atoms with Gasteiger partial charge < -0.3 is 20.1 Å². The minimum absolute atomic E-state index is 0.183. The predicted molar refractivity (Wildman–Crippen MR) is 105 cm³/mol. The quantitative estimate of drug-likeness (QED) is 0.664. The Balaban J connectivity index is 2.01. The Hall–Kier alpha value is -2.86. The summed E-state index contributed by atoms with van der Waals surface area (Å²) in [5.74, 6) is 0.477. The number of anilines is 1. The van der Waals surface area contributed by atoms with Crippen LogP contribution in [-0.4, -0.2) is 38.7 Å². The van der Waals surface area contributed by atoms with Gasteiger partial charge in [-0.25, -0.2) is 0 Å². The minimum Gasteiger partial charge on any atom is -0.492 e. The van der Waals surface area contributed by atoms with Gasteiger partial charge in [0.1, 0.15) is 5.75 Å². The summed E-state index contributed by atoms with van der Waals surface area (Å²) in [7, 11) is 1.58. The van der Waals surface area contributed by atoms with Gasteiger partial charge in [0.15, 0.2) is 0 Å². The van der Waals surface area contributed by atoms with E-state index in [0.717, 1.165) is 0 Å². The van der Waals surface area contributed by atoms with E-state index in [1.807, 2.05) is 6.07 Å². The molecule has 2 rings (SSSR count). The maximum Gasteiger partial charge on any atom is 0.259 e. The molecule has 27 heavy (non-hydrogen) atoms. The van der Waals surface area contributed by atoms with Crippen LogP contribution in [0.4, 0.5) is 5.69 Å². The summed E-state index contributed by atoms with van der Waals surface area (Å²) in [6.07, 6.45) is 0. The van der Waals surface area contributed by atoms with Crippen LogP contribution < -0.4 is 15.4 Å². The molecule has 0 aliphatic carbocycles. The van der Waals surface area contributed by atoms with E-state index in [9.17, 15) is 9.59 Å². The molecule has 2 aromatic rings. The van der Waals surface area contributed by atoms with Gasteiger partial charge in [0.2, 0.25) is 0 Å². The number of benzene rings is 2. The van der Waals surface area contributed by atoms with E-state index in [1.54, 1.807) is 49.6 Å². The Morgan fingerprint density at radius 3 is 2.37 bits per heavy atom. The molecule has 6 heteroatoms. The summed E-state index contributed by atoms with van der Waals surface area (Å²) in [4.78, 5) is 24.6. The highest BCUT2D eigenvalue weighted by molar-refractivity contribution is 6.06. The van der Waals surface area contributed by atoms with E-state index in [-0.39, 0.29) is 11.8 Å². The van der Waals surface area contributed by atoms with E-state index >= 15 is 0 Å². The summed E-state index contributed by atoms with van der Waals surface area (Å²) in [6, 6.07) is 13.9. The highest BCUT2D eigenvalue weighted by atomic mass is 16.5. The molecule has 0 aromatic heterocycles. The monoisotopic (exact) mass is 370 g/mol. The van der Waals surface area contributed by atoms with E-state index < -0.39 is 0 Å². The van der Waals surface area contributed by atoms with Gasteiger partial charge in [-0.2, -0.15) is 0 Å². The van der Waals surface area contributed by atoms with Crippen LogP contribution in [-0.2, 0) is 4.74 Å². The van der Waals surface area contributed by atoms with E-state index in [4.69, 9.17) is 9.47 Å². The average Bonchev–Trinajstić information content (AvgIpc) is 2.67. The molecule has 0 saturated heterocycles. The maximum atomic E-state index is 12.6. The number of para-hydroxylation sites is 1. The van der Waals surface area contributed by atoms with Crippen molar-refractivity contribution in [2.24, 2.45) is 5.92 Å². The fourth-order valence-electron chi connectivity index (χ4n) is 2.31. The zero-order valence-electron chi connectivity index (χ0n) is 16.0. The van der Waals surface area contributed by atoms with Gasteiger partial charge >= 0.3 is 0 Å². The molecule has 0 atom stereocenters. The molecule has 0 aliphatic heterocycles. The first-order chi connectivity index (χ1) is 13.0. The van der Waals surface area contributed by atoms with Crippen molar-refractivity contribution in [2.45, 2.75) is 13.8 Å². The highest BCUT2D eigenvalue weighted by Crippen LogP contribution is 2.20. The van der Waals surface area contributed by atoms with Crippen LogP contribution in [0.2, 0.25) is 0 Å².